The Labute approximate surface area is 130 Å². The first-order chi connectivity index (χ1) is 10.6. The number of nitrogen functional groups attached to an aromatic ring is 1. The summed E-state index contributed by atoms with van der Waals surface area (Å²) in [7, 11) is 1.32. The number of anilines is 1. The Morgan fingerprint density at radius 3 is 2.48 bits per heavy atom. The summed E-state index contributed by atoms with van der Waals surface area (Å²) in [4.78, 5) is 14.4. The molecular formula is C13H9F5N2O2S. The normalized spacial score (nSPS) is 12.3. The molecule has 4 nitrogen and oxygen atoms in total. The van der Waals surface area contributed by atoms with Crippen LogP contribution in [-0.4, -0.2) is 24.1 Å². The fourth-order valence-corrected chi connectivity index (χ4v) is 2.56. The SMILES string of the molecule is COc1cccc(C(=O)c2sc(N)nc2C(F)(F)C(F)(F)F)c1. The van der Waals surface area contributed by atoms with Gasteiger partial charge in [-0.1, -0.05) is 23.5 Å². The number of alkyl halides is 5. The number of ether oxygens (including phenoxy) is 1. The highest BCUT2D eigenvalue weighted by molar-refractivity contribution is 7.17. The molecule has 1 heterocycles. The molecule has 124 valence electrons. The van der Waals surface area contributed by atoms with Crippen molar-refractivity contribution in [1.29, 1.82) is 0 Å². The highest BCUT2D eigenvalue weighted by Crippen LogP contribution is 2.46. The second kappa shape index (κ2) is 5.76. The fourth-order valence-electron chi connectivity index (χ4n) is 1.73. The summed E-state index contributed by atoms with van der Waals surface area (Å²) in [6, 6.07) is 5.37. The number of hydrogen-bond acceptors (Lipinski definition) is 5. The van der Waals surface area contributed by atoms with E-state index in [1.165, 1.54) is 31.4 Å². The van der Waals surface area contributed by atoms with Gasteiger partial charge in [0.1, 0.15) is 16.3 Å². The van der Waals surface area contributed by atoms with Crippen LogP contribution in [0.1, 0.15) is 20.9 Å². The number of ketones is 1. The van der Waals surface area contributed by atoms with Gasteiger partial charge in [-0.25, -0.2) is 4.98 Å². The smallest absolute Gasteiger partial charge is 0.459 e. The van der Waals surface area contributed by atoms with Crippen molar-refractivity contribution in [3.63, 3.8) is 0 Å². The van der Waals surface area contributed by atoms with Crippen LogP contribution in [0, 0.1) is 0 Å². The summed E-state index contributed by atoms with van der Waals surface area (Å²) in [5.74, 6) is -6.08. The number of benzene rings is 1. The van der Waals surface area contributed by atoms with Crippen LogP contribution in [-0.2, 0) is 5.92 Å². The molecule has 0 aliphatic heterocycles. The number of nitrogens with two attached hydrogens (primary N) is 1. The molecule has 0 radical (unpaired) electrons. The Bertz CT molecular complexity index is 742. The Morgan fingerprint density at radius 1 is 1.26 bits per heavy atom. The van der Waals surface area contributed by atoms with Crippen molar-refractivity contribution in [3.05, 3.63) is 40.4 Å². The lowest BCUT2D eigenvalue weighted by Crippen LogP contribution is -2.35. The zero-order valence-corrected chi connectivity index (χ0v) is 12.3. The second-order valence-corrected chi connectivity index (χ2v) is 5.39. The lowest BCUT2D eigenvalue weighted by molar-refractivity contribution is -0.290. The molecule has 0 aliphatic rings. The van der Waals surface area contributed by atoms with Crippen LogP contribution in [0.3, 0.4) is 0 Å². The Morgan fingerprint density at radius 2 is 1.91 bits per heavy atom. The minimum atomic E-state index is -5.89. The molecule has 0 bridgehead atoms. The van der Waals surface area contributed by atoms with Crippen LogP contribution in [0.5, 0.6) is 5.75 Å². The summed E-state index contributed by atoms with van der Waals surface area (Å²) in [5.41, 5.74) is 3.41. The number of thiazole rings is 1. The molecule has 23 heavy (non-hydrogen) atoms. The van der Waals surface area contributed by atoms with Crippen LogP contribution in [0.25, 0.3) is 0 Å². The van der Waals surface area contributed by atoms with E-state index in [9.17, 15) is 26.7 Å². The minimum absolute atomic E-state index is 0.118. The predicted molar refractivity (Wildman–Crippen MR) is 72.9 cm³/mol. The molecule has 0 atom stereocenters. The van der Waals surface area contributed by atoms with Gasteiger partial charge in [0, 0.05) is 5.56 Å². The zero-order valence-electron chi connectivity index (χ0n) is 11.4. The van der Waals surface area contributed by atoms with E-state index in [0.29, 0.717) is 0 Å². The van der Waals surface area contributed by atoms with E-state index < -0.39 is 33.6 Å². The lowest BCUT2D eigenvalue weighted by Gasteiger charge is -2.18. The van der Waals surface area contributed by atoms with Gasteiger partial charge in [0.15, 0.2) is 5.13 Å². The van der Waals surface area contributed by atoms with Crippen LogP contribution in [0.4, 0.5) is 27.1 Å². The van der Waals surface area contributed by atoms with Crippen molar-refractivity contribution in [1.82, 2.24) is 4.98 Å². The van der Waals surface area contributed by atoms with Crippen molar-refractivity contribution in [2.24, 2.45) is 0 Å². The van der Waals surface area contributed by atoms with Gasteiger partial charge >= 0.3 is 12.1 Å². The monoisotopic (exact) mass is 352 g/mol. The average Bonchev–Trinajstić information content (AvgIpc) is 2.88. The van der Waals surface area contributed by atoms with Gasteiger partial charge in [0.25, 0.3) is 0 Å². The van der Waals surface area contributed by atoms with Gasteiger partial charge in [-0.2, -0.15) is 22.0 Å². The molecule has 1 aromatic heterocycles. The third-order valence-electron chi connectivity index (χ3n) is 2.84. The number of rotatable bonds is 4. The van der Waals surface area contributed by atoms with Gasteiger partial charge < -0.3 is 10.5 Å². The minimum Gasteiger partial charge on any atom is -0.497 e. The van der Waals surface area contributed by atoms with Gasteiger partial charge in [0.2, 0.25) is 5.78 Å². The highest BCUT2D eigenvalue weighted by atomic mass is 32.1. The predicted octanol–water partition coefficient (Wildman–Crippen LogP) is 3.62. The maximum Gasteiger partial charge on any atom is 0.459 e. The maximum absolute atomic E-state index is 13.5. The summed E-state index contributed by atoms with van der Waals surface area (Å²) >= 11 is 0.270. The quantitative estimate of drug-likeness (QED) is 0.674. The zero-order chi connectivity index (χ0) is 17.4. The first kappa shape index (κ1) is 17.1. The van der Waals surface area contributed by atoms with Crippen LogP contribution in [0.15, 0.2) is 24.3 Å². The van der Waals surface area contributed by atoms with Crippen molar-refractivity contribution in [2.75, 3.05) is 12.8 Å². The summed E-state index contributed by atoms with van der Waals surface area (Å²) in [5, 5.41) is -0.560. The van der Waals surface area contributed by atoms with Crippen LogP contribution in [0.2, 0.25) is 0 Å². The summed E-state index contributed by atoms with van der Waals surface area (Å²) in [6.07, 6.45) is -5.89. The Kier molecular flexibility index (Phi) is 4.29. The molecule has 2 aromatic rings. The van der Waals surface area contributed by atoms with Gasteiger partial charge in [0.05, 0.1) is 7.11 Å². The molecule has 1 aromatic carbocycles. The summed E-state index contributed by atoms with van der Waals surface area (Å²) < 4.78 is 69.6. The van der Waals surface area contributed by atoms with Crippen molar-refractivity contribution in [2.45, 2.75) is 12.1 Å². The lowest BCUT2D eigenvalue weighted by atomic mass is 10.1. The van der Waals surface area contributed by atoms with E-state index in [2.05, 4.69) is 4.98 Å². The van der Waals surface area contributed by atoms with Crippen LogP contribution >= 0.6 is 11.3 Å². The van der Waals surface area contributed by atoms with Gasteiger partial charge in [-0.05, 0) is 12.1 Å². The number of carbonyl (C=O) groups excluding carboxylic acids is 1. The molecule has 0 amide bonds. The average molecular weight is 352 g/mol. The van der Waals surface area contributed by atoms with E-state index in [1.807, 2.05) is 0 Å². The number of nitrogens with zero attached hydrogens (tertiary/aromatic N) is 1. The first-order valence-electron chi connectivity index (χ1n) is 5.98. The van der Waals surface area contributed by atoms with Crippen molar-refractivity contribution >= 4 is 22.3 Å². The topological polar surface area (TPSA) is 65.2 Å². The third kappa shape index (κ3) is 3.11. The summed E-state index contributed by atoms with van der Waals surface area (Å²) in [6.45, 7) is 0. The van der Waals surface area contributed by atoms with Crippen LogP contribution < -0.4 is 10.5 Å². The highest BCUT2D eigenvalue weighted by Gasteiger charge is 2.61. The van der Waals surface area contributed by atoms with E-state index in [4.69, 9.17) is 10.5 Å². The largest absolute Gasteiger partial charge is 0.497 e. The number of hydrogen-bond donors (Lipinski definition) is 1. The second-order valence-electron chi connectivity index (χ2n) is 4.36. The third-order valence-corrected chi connectivity index (χ3v) is 3.72. The number of aromatic nitrogens is 1. The maximum atomic E-state index is 13.5. The molecule has 0 fully saturated rings. The number of halogens is 5. The van der Waals surface area contributed by atoms with Crippen molar-refractivity contribution in [3.8, 4) is 5.75 Å². The standard InChI is InChI=1S/C13H9F5N2O2S/c1-22-7-4-2-3-6(5-7)8(21)9-10(20-11(19)23-9)12(14,15)13(16,17)18/h2-5H,1H3,(H2,19,20). The van der Waals surface area contributed by atoms with Gasteiger partial charge in [-0.15, -0.1) is 0 Å². The molecule has 0 aliphatic carbocycles. The van der Waals surface area contributed by atoms with E-state index in [1.54, 1.807) is 0 Å². The van der Waals surface area contributed by atoms with E-state index in [0.717, 1.165) is 0 Å². The Balaban J connectivity index is 2.54. The molecule has 10 heteroatoms. The Hall–Kier alpha value is -2.23. The molecule has 0 unspecified atom stereocenters. The van der Waals surface area contributed by atoms with Gasteiger partial charge in [-0.3, -0.25) is 4.79 Å². The molecule has 2 N–H and O–H groups in total. The first-order valence-corrected chi connectivity index (χ1v) is 6.79. The fraction of sp³-hybridized carbons (Fsp3) is 0.231. The molecule has 0 saturated heterocycles. The van der Waals surface area contributed by atoms with E-state index >= 15 is 0 Å². The molecule has 2 rings (SSSR count). The molecule has 0 spiro atoms. The van der Waals surface area contributed by atoms with E-state index in [-0.39, 0.29) is 22.6 Å². The number of methoxy groups -OCH3 is 1. The molecular weight excluding hydrogens is 343 g/mol. The van der Waals surface area contributed by atoms with Crippen molar-refractivity contribution < 1.29 is 31.5 Å². The number of carbonyl (C=O) groups is 1. The molecule has 0 saturated carbocycles.